The molecule has 9 heteroatoms. The highest BCUT2D eigenvalue weighted by molar-refractivity contribution is 9.10. The molecule has 1 aromatic heterocycles. The van der Waals surface area contributed by atoms with Crippen molar-refractivity contribution in [2.24, 2.45) is 16.1 Å². The normalized spacial score (nSPS) is 11.5. The number of H-pyrrole nitrogens is 1. The summed E-state index contributed by atoms with van der Waals surface area (Å²) in [7, 11) is 1.48. The summed E-state index contributed by atoms with van der Waals surface area (Å²) in [5.74, 6) is -0.0474. The number of amides is 1. The van der Waals surface area contributed by atoms with E-state index in [0.717, 1.165) is 6.42 Å². The number of rotatable bonds is 7. The van der Waals surface area contributed by atoms with E-state index in [2.05, 4.69) is 45.0 Å². The smallest absolute Gasteiger partial charge is 0.295 e. The van der Waals surface area contributed by atoms with Crippen LogP contribution in [0.15, 0.2) is 45.0 Å². The molecule has 0 saturated heterocycles. The first-order valence-corrected chi connectivity index (χ1v) is 10.1. The number of ether oxygens (including phenoxy) is 2. The van der Waals surface area contributed by atoms with Crippen LogP contribution in [-0.4, -0.2) is 29.7 Å². The summed E-state index contributed by atoms with van der Waals surface area (Å²) in [6.45, 7) is 4.74. The number of fused-ring (bicyclic) bond motifs is 1. The lowest BCUT2D eigenvalue weighted by molar-refractivity contribution is 0.0994. The van der Waals surface area contributed by atoms with Gasteiger partial charge in [-0.3, -0.25) is 4.79 Å². The molecule has 1 heterocycles. The van der Waals surface area contributed by atoms with Gasteiger partial charge in [0.2, 0.25) is 5.88 Å². The second kappa shape index (κ2) is 9.25. The Bertz CT molecular complexity index is 1110. The fraction of sp³-hybridized carbons (Fsp3) is 0.286. The van der Waals surface area contributed by atoms with Gasteiger partial charge in [0.05, 0.1) is 19.2 Å². The molecule has 0 saturated carbocycles. The van der Waals surface area contributed by atoms with Gasteiger partial charge in [-0.15, -0.1) is 10.2 Å². The van der Waals surface area contributed by atoms with Gasteiger partial charge in [0.15, 0.2) is 17.2 Å². The number of aromatic hydroxyl groups is 1. The second-order valence-corrected chi connectivity index (χ2v) is 7.89. The molecule has 0 radical (unpaired) electrons. The Balaban J connectivity index is 1.83. The number of aromatic nitrogens is 1. The third-order valence-corrected chi connectivity index (χ3v) is 5.01. The molecule has 0 aliphatic carbocycles. The zero-order chi connectivity index (χ0) is 21.8. The van der Waals surface area contributed by atoms with Gasteiger partial charge in [0.25, 0.3) is 5.91 Å². The maximum atomic E-state index is 13.7. The van der Waals surface area contributed by atoms with Crippen molar-refractivity contribution in [2.45, 2.75) is 20.3 Å². The predicted molar refractivity (Wildman–Crippen MR) is 114 cm³/mol. The average Bonchev–Trinajstić information content (AvgIpc) is 3.01. The third-order valence-electron chi connectivity index (χ3n) is 4.38. The van der Waals surface area contributed by atoms with Crippen LogP contribution < -0.4 is 9.47 Å². The molecule has 0 atom stereocenters. The lowest BCUT2D eigenvalue weighted by atomic mass is 10.1. The lowest BCUT2D eigenvalue weighted by Crippen LogP contribution is -2.03. The van der Waals surface area contributed by atoms with E-state index < -0.39 is 11.7 Å². The first-order chi connectivity index (χ1) is 14.3. The summed E-state index contributed by atoms with van der Waals surface area (Å²) < 4.78 is 25.1. The monoisotopic (exact) mass is 477 g/mol. The second-order valence-electron chi connectivity index (χ2n) is 7.03. The van der Waals surface area contributed by atoms with Gasteiger partial charge < -0.3 is 19.6 Å². The molecular weight excluding hydrogens is 457 g/mol. The number of hydrogen-bond acceptors (Lipinski definition) is 5. The maximum absolute atomic E-state index is 13.7. The number of aromatic amines is 1. The Hall–Kier alpha value is -2.94. The van der Waals surface area contributed by atoms with Crippen molar-refractivity contribution in [3.8, 4) is 17.4 Å². The number of hydrogen-bond donors (Lipinski definition) is 2. The molecular formula is C21H21BrFN3O4. The number of methoxy groups -OCH3 is 1. The van der Waals surface area contributed by atoms with Gasteiger partial charge in [-0.2, -0.15) is 0 Å². The molecule has 3 aromatic rings. The summed E-state index contributed by atoms with van der Waals surface area (Å²) in [4.78, 5) is 15.2. The fourth-order valence-electron chi connectivity index (χ4n) is 2.77. The van der Waals surface area contributed by atoms with Gasteiger partial charge in [0.1, 0.15) is 5.82 Å². The van der Waals surface area contributed by atoms with Crippen molar-refractivity contribution >= 4 is 38.4 Å². The van der Waals surface area contributed by atoms with Gasteiger partial charge in [-0.25, -0.2) is 4.39 Å². The van der Waals surface area contributed by atoms with E-state index in [1.807, 2.05) is 0 Å². The molecule has 2 N–H and O–H groups in total. The van der Waals surface area contributed by atoms with Crippen molar-refractivity contribution < 1.29 is 23.8 Å². The number of carbonyl (C=O) groups excluding carboxylic acids is 1. The van der Waals surface area contributed by atoms with Crippen molar-refractivity contribution in [1.29, 1.82) is 0 Å². The largest absolute Gasteiger partial charge is 0.493 e. The standard InChI is InChI=1S/C21H21BrFN3O4/c1-11(2)6-7-30-16-5-4-12(8-17(16)29-3)20(27)26-25-19-14-9-13(23)10-15(22)18(14)24-21(19)28/h4-5,8-11,24,28H,6-7H2,1-3H3. The van der Waals surface area contributed by atoms with E-state index in [4.69, 9.17) is 9.47 Å². The lowest BCUT2D eigenvalue weighted by Gasteiger charge is -2.12. The first-order valence-electron chi connectivity index (χ1n) is 9.26. The highest BCUT2D eigenvalue weighted by atomic mass is 79.9. The Morgan fingerprint density at radius 1 is 1.27 bits per heavy atom. The van der Waals surface area contributed by atoms with Crippen LogP contribution >= 0.6 is 15.9 Å². The van der Waals surface area contributed by atoms with E-state index in [9.17, 15) is 14.3 Å². The number of azo groups is 1. The first kappa shape index (κ1) is 21.8. The van der Waals surface area contributed by atoms with Gasteiger partial charge in [0, 0.05) is 15.4 Å². The Morgan fingerprint density at radius 2 is 2.03 bits per heavy atom. The van der Waals surface area contributed by atoms with Gasteiger partial charge in [-0.05, 0) is 58.6 Å². The van der Waals surface area contributed by atoms with Gasteiger partial charge in [-0.1, -0.05) is 13.8 Å². The molecule has 0 unspecified atom stereocenters. The molecule has 1 amide bonds. The van der Waals surface area contributed by atoms with Crippen molar-refractivity contribution in [1.82, 2.24) is 4.98 Å². The van der Waals surface area contributed by atoms with E-state index in [-0.39, 0.29) is 17.1 Å². The third kappa shape index (κ3) is 4.79. The summed E-state index contributed by atoms with van der Waals surface area (Å²) in [5.41, 5.74) is 0.650. The van der Waals surface area contributed by atoms with Crippen LogP contribution in [0.2, 0.25) is 0 Å². The minimum absolute atomic E-state index is 0.0286. The minimum atomic E-state index is -0.647. The van der Waals surface area contributed by atoms with Crippen LogP contribution in [-0.2, 0) is 0 Å². The van der Waals surface area contributed by atoms with Crippen LogP contribution in [0.4, 0.5) is 10.1 Å². The fourth-order valence-corrected chi connectivity index (χ4v) is 3.30. The van der Waals surface area contributed by atoms with E-state index in [1.54, 1.807) is 12.1 Å². The van der Waals surface area contributed by atoms with Crippen molar-refractivity contribution in [3.05, 3.63) is 46.2 Å². The number of benzene rings is 2. The molecule has 30 heavy (non-hydrogen) atoms. The maximum Gasteiger partial charge on any atom is 0.295 e. The molecule has 0 aliphatic heterocycles. The topological polar surface area (TPSA) is 96.3 Å². The summed E-state index contributed by atoms with van der Waals surface area (Å²) >= 11 is 3.21. The Labute approximate surface area is 181 Å². The number of nitrogens with one attached hydrogen (secondary N) is 1. The number of halogens is 2. The average molecular weight is 478 g/mol. The zero-order valence-corrected chi connectivity index (χ0v) is 18.3. The summed E-state index contributed by atoms with van der Waals surface area (Å²) in [6, 6.07) is 7.15. The van der Waals surface area contributed by atoms with Crippen molar-refractivity contribution in [2.75, 3.05) is 13.7 Å². The van der Waals surface area contributed by atoms with Crippen LogP contribution in [0.3, 0.4) is 0 Å². The molecule has 158 valence electrons. The molecule has 0 fully saturated rings. The predicted octanol–water partition coefficient (Wildman–Crippen LogP) is 6.13. The Morgan fingerprint density at radius 3 is 2.73 bits per heavy atom. The zero-order valence-electron chi connectivity index (χ0n) is 16.7. The van der Waals surface area contributed by atoms with Crippen LogP contribution in [0.25, 0.3) is 10.9 Å². The van der Waals surface area contributed by atoms with E-state index in [0.29, 0.717) is 39.4 Å². The van der Waals surface area contributed by atoms with Crippen LogP contribution in [0.5, 0.6) is 17.4 Å². The van der Waals surface area contributed by atoms with Crippen LogP contribution in [0, 0.1) is 11.7 Å². The summed E-state index contributed by atoms with van der Waals surface area (Å²) in [6.07, 6.45) is 0.892. The molecule has 0 aliphatic rings. The SMILES string of the molecule is COc1cc(C(=O)N=Nc2c(O)[nH]c3c(Br)cc(F)cc23)ccc1OCCC(C)C. The van der Waals surface area contributed by atoms with Crippen LogP contribution in [0.1, 0.15) is 30.6 Å². The quantitative estimate of drug-likeness (QED) is 0.399. The number of carbonyl (C=O) groups is 1. The van der Waals surface area contributed by atoms with Gasteiger partial charge >= 0.3 is 0 Å². The van der Waals surface area contributed by atoms with E-state index in [1.165, 1.54) is 25.3 Å². The molecule has 0 spiro atoms. The molecule has 0 bridgehead atoms. The number of nitrogens with zero attached hydrogens (tertiary/aromatic N) is 2. The van der Waals surface area contributed by atoms with E-state index >= 15 is 0 Å². The molecule has 3 rings (SSSR count). The minimum Gasteiger partial charge on any atom is -0.493 e. The molecule has 2 aromatic carbocycles. The van der Waals surface area contributed by atoms with Crippen molar-refractivity contribution in [3.63, 3.8) is 0 Å². The molecule has 7 nitrogen and oxygen atoms in total. The highest BCUT2D eigenvalue weighted by Gasteiger charge is 2.16. The highest BCUT2D eigenvalue weighted by Crippen LogP contribution is 2.39. The summed E-state index contributed by atoms with van der Waals surface area (Å²) in [5, 5.41) is 17.9. The Kier molecular flexibility index (Phi) is 6.71.